The van der Waals surface area contributed by atoms with E-state index in [0.717, 1.165) is 49.9 Å². The molecule has 0 amide bonds. The zero-order valence-electron chi connectivity index (χ0n) is 16.3. The first-order valence-electron chi connectivity index (χ1n) is 10.1. The third-order valence-electron chi connectivity index (χ3n) is 6.06. The molecule has 7 rings (SSSR count). The Morgan fingerprint density at radius 1 is 0.700 bits per heavy atom. The van der Waals surface area contributed by atoms with Gasteiger partial charge in [0.25, 0.3) is 0 Å². The lowest BCUT2D eigenvalue weighted by molar-refractivity contribution is 0.580. The summed E-state index contributed by atoms with van der Waals surface area (Å²) in [7, 11) is 0. The molecule has 0 saturated carbocycles. The molecule has 4 aromatic heterocycles. The molecule has 4 heteroatoms. The summed E-state index contributed by atoms with van der Waals surface area (Å²) in [6.07, 6.45) is 1.96. The fourth-order valence-electron chi connectivity index (χ4n) is 4.86. The summed E-state index contributed by atoms with van der Waals surface area (Å²) < 4.78 is 10.6. The van der Waals surface area contributed by atoms with Crippen molar-refractivity contribution in [3.8, 4) is 5.69 Å². The summed E-state index contributed by atoms with van der Waals surface area (Å²) >= 11 is 0. The van der Waals surface area contributed by atoms with E-state index in [4.69, 9.17) is 9.52 Å². The second kappa shape index (κ2) is 5.51. The van der Waals surface area contributed by atoms with Crippen LogP contribution < -0.4 is 0 Å². The molecule has 0 saturated heterocycles. The van der Waals surface area contributed by atoms with Crippen LogP contribution in [0.3, 0.4) is 0 Å². The van der Waals surface area contributed by atoms with Crippen molar-refractivity contribution in [2.75, 3.05) is 0 Å². The molecule has 0 bridgehead atoms. The number of rotatable bonds is 1. The maximum Gasteiger partial charge on any atom is 0.162 e. The normalized spacial score (nSPS) is 12.2. The summed E-state index contributed by atoms with van der Waals surface area (Å²) in [4.78, 5) is 0. The van der Waals surface area contributed by atoms with Crippen LogP contribution in [-0.4, -0.2) is 14.2 Å². The Bertz CT molecular complexity index is 1710. The molecule has 0 fully saturated rings. The average molecular weight is 387 g/mol. The number of nitrogens with zero attached hydrogens (tertiary/aromatic N) is 3. The summed E-state index contributed by atoms with van der Waals surface area (Å²) in [6.45, 7) is 2.00. The van der Waals surface area contributed by atoms with E-state index in [0.29, 0.717) is 0 Å². The lowest BCUT2D eigenvalue weighted by atomic mass is 10.1. The molecule has 0 atom stereocenters. The number of hydrogen-bond acceptors (Lipinski definition) is 2. The van der Waals surface area contributed by atoms with Crippen molar-refractivity contribution in [2.45, 2.75) is 6.92 Å². The predicted molar refractivity (Wildman–Crippen MR) is 122 cm³/mol. The van der Waals surface area contributed by atoms with Gasteiger partial charge in [-0.05, 0) is 31.2 Å². The molecule has 142 valence electrons. The smallest absolute Gasteiger partial charge is 0.162 e. The van der Waals surface area contributed by atoms with E-state index < -0.39 is 0 Å². The maximum atomic E-state index is 6.24. The van der Waals surface area contributed by atoms with Crippen LogP contribution in [0.1, 0.15) is 5.76 Å². The zero-order valence-corrected chi connectivity index (χ0v) is 16.3. The van der Waals surface area contributed by atoms with Crippen LogP contribution in [0.5, 0.6) is 0 Å². The fourth-order valence-corrected chi connectivity index (χ4v) is 4.86. The van der Waals surface area contributed by atoms with Gasteiger partial charge in [0.2, 0.25) is 0 Å². The van der Waals surface area contributed by atoms with Crippen LogP contribution in [0.2, 0.25) is 0 Å². The Morgan fingerprint density at radius 2 is 1.27 bits per heavy atom. The molecule has 0 radical (unpaired) electrons. The molecule has 0 aliphatic rings. The van der Waals surface area contributed by atoms with Gasteiger partial charge in [-0.3, -0.25) is 0 Å². The largest absolute Gasteiger partial charge is 0.459 e. The van der Waals surface area contributed by atoms with Gasteiger partial charge in [0.05, 0.1) is 28.4 Å². The molecular weight excluding hydrogens is 370 g/mol. The second-order valence-corrected chi connectivity index (χ2v) is 7.78. The third-order valence-corrected chi connectivity index (χ3v) is 6.06. The van der Waals surface area contributed by atoms with Gasteiger partial charge in [-0.15, -0.1) is 0 Å². The van der Waals surface area contributed by atoms with E-state index in [9.17, 15) is 0 Å². The van der Waals surface area contributed by atoms with Crippen LogP contribution in [0.25, 0.3) is 54.9 Å². The monoisotopic (exact) mass is 387 g/mol. The van der Waals surface area contributed by atoms with Gasteiger partial charge < -0.3 is 8.98 Å². The number of fused-ring (bicyclic) bond motifs is 9. The van der Waals surface area contributed by atoms with Crippen molar-refractivity contribution in [3.63, 3.8) is 0 Å². The lowest BCUT2D eigenvalue weighted by Gasteiger charge is -2.08. The highest BCUT2D eigenvalue weighted by Gasteiger charge is 2.20. The lowest BCUT2D eigenvalue weighted by Crippen LogP contribution is -1.95. The Labute approximate surface area is 171 Å². The molecule has 0 aliphatic heterocycles. The van der Waals surface area contributed by atoms with Gasteiger partial charge in [0.15, 0.2) is 5.58 Å². The molecule has 0 unspecified atom stereocenters. The Kier molecular flexibility index (Phi) is 2.91. The zero-order chi connectivity index (χ0) is 19.8. The molecule has 4 heterocycles. The van der Waals surface area contributed by atoms with Gasteiger partial charge in [-0.2, -0.15) is 5.10 Å². The van der Waals surface area contributed by atoms with Crippen LogP contribution in [-0.2, 0) is 0 Å². The van der Waals surface area contributed by atoms with Gasteiger partial charge in [-0.25, -0.2) is 4.52 Å². The number of furan rings is 1. The second-order valence-electron chi connectivity index (χ2n) is 7.78. The quantitative estimate of drug-likeness (QED) is 0.316. The Morgan fingerprint density at radius 3 is 1.93 bits per heavy atom. The first-order chi connectivity index (χ1) is 14.8. The van der Waals surface area contributed by atoms with Crippen LogP contribution in [0, 0.1) is 6.92 Å². The minimum absolute atomic E-state index is 0.876. The number of aryl methyl sites for hydroxylation is 1. The van der Waals surface area contributed by atoms with E-state index in [1.807, 2.05) is 17.6 Å². The molecule has 0 aliphatic carbocycles. The molecule has 0 N–H and O–H groups in total. The molecule has 4 nitrogen and oxygen atoms in total. The fraction of sp³-hybridized carbons (Fsp3) is 0.0385. The first kappa shape index (κ1) is 15.8. The molecule has 7 aromatic rings. The number of aromatic nitrogens is 3. The van der Waals surface area contributed by atoms with E-state index in [1.54, 1.807) is 0 Å². The minimum atomic E-state index is 0.876. The van der Waals surface area contributed by atoms with Crippen molar-refractivity contribution in [3.05, 3.63) is 90.8 Å². The maximum absolute atomic E-state index is 6.24. The van der Waals surface area contributed by atoms with Gasteiger partial charge >= 0.3 is 0 Å². The van der Waals surface area contributed by atoms with Gasteiger partial charge in [-0.1, -0.05) is 54.6 Å². The molecule has 0 spiro atoms. The highest BCUT2D eigenvalue weighted by molar-refractivity contribution is 6.14. The van der Waals surface area contributed by atoms with Crippen molar-refractivity contribution in [2.24, 2.45) is 0 Å². The highest BCUT2D eigenvalue weighted by atomic mass is 16.3. The Balaban J connectivity index is 1.75. The topological polar surface area (TPSA) is 35.4 Å². The highest BCUT2D eigenvalue weighted by Crippen LogP contribution is 2.38. The predicted octanol–water partition coefficient (Wildman–Crippen LogP) is 6.64. The standard InChI is InChI=1S/C26H17N3O/c1-16-14-20-19-10-4-7-13-23(19)29-25(26(20)30-16)24(15-27-29)28-21-11-5-2-8-17(21)18-9-3-6-12-22(18)28/h2-15H,1H3. The molecule has 30 heavy (non-hydrogen) atoms. The van der Waals surface area contributed by atoms with Crippen LogP contribution in [0.15, 0.2) is 89.5 Å². The van der Waals surface area contributed by atoms with Crippen molar-refractivity contribution < 1.29 is 4.42 Å². The third kappa shape index (κ3) is 1.88. The van der Waals surface area contributed by atoms with Gasteiger partial charge in [0.1, 0.15) is 11.3 Å². The van der Waals surface area contributed by atoms with Crippen molar-refractivity contribution in [1.29, 1.82) is 0 Å². The van der Waals surface area contributed by atoms with E-state index in [-0.39, 0.29) is 0 Å². The van der Waals surface area contributed by atoms with Crippen LogP contribution in [0.4, 0.5) is 0 Å². The SMILES string of the molecule is Cc1cc2c3ccccc3n3ncc(-n4c5ccccc5c5ccccc54)c3c2o1. The first-order valence-corrected chi connectivity index (χ1v) is 10.1. The molecular formula is C26H17N3O. The van der Waals surface area contributed by atoms with E-state index in [2.05, 4.69) is 83.4 Å². The van der Waals surface area contributed by atoms with E-state index in [1.165, 1.54) is 10.8 Å². The minimum Gasteiger partial charge on any atom is -0.459 e. The Hall–Kier alpha value is -4.05. The number of hydrogen-bond donors (Lipinski definition) is 0. The number of benzene rings is 3. The van der Waals surface area contributed by atoms with Crippen LogP contribution >= 0.6 is 0 Å². The summed E-state index contributed by atoms with van der Waals surface area (Å²) in [6, 6.07) is 27.6. The summed E-state index contributed by atoms with van der Waals surface area (Å²) in [5.74, 6) is 0.901. The summed E-state index contributed by atoms with van der Waals surface area (Å²) in [5, 5.41) is 9.55. The van der Waals surface area contributed by atoms with Gasteiger partial charge in [0, 0.05) is 21.5 Å². The average Bonchev–Trinajstić information content (AvgIpc) is 3.47. The number of pyridine rings is 1. The number of para-hydroxylation sites is 3. The summed E-state index contributed by atoms with van der Waals surface area (Å²) in [5.41, 5.74) is 6.30. The van der Waals surface area contributed by atoms with E-state index >= 15 is 0 Å². The molecule has 3 aromatic carbocycles. The van der Waals surface area contributed by atoms with Crippen molar-refractivity contribution in [1.82, 2.24) is 14.2 Å². The van der Waals surface area contributed by atoms with Crippen molar-refractivity contribution >= 4 is 49.2 Å².